The smallest absolute Gasteiger partial charge is 0.180 e. The van der Waals surface area contributed by atoms with Crippen molar-refractivity contribution in [3.63, 3.8) is 0 Å². The zero-order valence-electron chi connectivity index (χ0n) is 24.2. The standard InChI is InChI=1S/C39H32NSi2/c1-27-15-13-23-34-36(27)39-33(41(2)3)26-25-32-38(39)37-31(40(32)28-16-7-4-8-17-28)22-14-24-35(37)42(34,29-18-9-5-10-19-29)30-20-11-6-12-21-30/h4-26H,1-3H3. The summed E-state index contributed by atoms with van der Waals surface area (Å²) in [5, 5.41) is 10.2. The molecule has 0 aliphatic carbocycles. The fraction of sp³-hybridized carbons (Fsp3) is 0.0769. The number of aryl methyl sites for hydroxylation is 1. The van der Waals surface area contributed by atoms with E-state index >= 15 is 0 Å². The quantitative estimate of drug-likeness (QED) is 0.216. The number of rotatable bonds is 4. The van der Waals surface area contributed by atoms with E-state index in [0.717, 1.165) is 0 Å². The van der Waals surface area contributed by atoms with Gasteiger partial charge >= 0.3 is 0 Å². The van der Waals surface area contributed by atoms with Gasteiger partial charge in [0.2, 0.25) is 0 Å². The lowest BCUT2D eigenvalue weighted by Crippen LogP contribution is -2.75. The Kier molecular flexibility index (Phi) is 5.75. The molecule has 1 nitrogen and oxygen atoms in total. The lowest BCUT2D eigenvalue weighted by Gasteiger charge is -2.36. The Morgan fingerprint density at radius 2 is 1.07 bits per heavy atom. The molecule has 1 aliphatic heterocycles. The number of fused-ring (bicyclic) bond motifs is 2. The van der Waals surface area contributed by atoms with E-state index in [9.17, 15) is 0 Å². The number of benzene rings is 6. The summed E-state index contributed by atoms with van der Waals surface area (Å²) >= 11 is 0. The summed E-state index contributed by atoms with van der Waals surface area (Å²) in [5.74, 6) is 0. The molecule has 1 aliphatic rings. The van der Waals surface area contributed by atoms with Gasteiger partial charge < -0.3 is 4.57 Å². The van der Waals surface area contributed by atoms with Gasteiger partial charge in [-0.3, -0.25) is 0 Å². The first-order chi connectivity index (χ1) is 20.6. The molecule has 0 atom stereocenters. The van der Waals surface area contributed by atoms with E-state index in [1.165, 1.54) is 70.1 Å². The molecule has 3 heteroatoms. The van der Waals surface area contributed by atoms with Gasteiger partial charge in [0.15, 0.2) is 8.07 Å². The molecule has 7 aromatic rings. The zero-order chi connectivity index (χ0) is 28.4. The Bertz CT molecular complexity index is 2070. The summed E-state index contributed by atoms with van der Waals surface area (Å²) in [7, 11) is -3.53. The first-order valence-corrected chi connectivity index (χ1v) is 19.3. The van der Waals surface area contributed by atoms with E-state index < -0.39 is 16.9 Å². The van der Waals surface area contributed by atoms with Crippen LogP contribution in [0.3, 0.4) is 0 Å². The third-order valence-corrected chi connectivity index (χ3v) is 15.6. The number of nitrogens with zero attached hydrogens (tertiary/aromatic N) is 1. The van der Waals surface area contributed by atoms with Gasteiger partial charge in [-0.05, 0) is 68.6 Å². The number of aromatic nitrogens is 1. The highest BCUT2D eigenvalue weighted by molar-refractivity contribution is 7.21. The molecule has 0 spiro atoms. The molecule has 2 heterocycles. The molecular formula is C39H32NSi2. The molecule has 42 heavy (non-hydrogen) atoms. The summed E-state index contributed by atoms with van der Waals surface area (Å²) in [6.45, 7) is 7.22. The maximum atomic E-state index is 2.51. The van der Waals surface area contributed by atoms with Crippen LogP contribution in [0.1, 0.15) is 5.56 Å². The van der Waals surface area contributed by atoms with Crippen LogP contribution in [0.5, 0.6) is 0 Å². The fourth-order valence-corrected chi connectivity index (χ4v) is 14.1. The van der Waals surface area contributed by atoms with Crippen molar-refractivity contribution in [3.05, 3.63) is 145 Å². The highest BCUT2D eigenvalue weighted by atomic mass is 28.3. The maximum Gasteiger partial charge on any atom is 0.180 e. The lowest BCUT2D eigenvalue weighted by molar-refractivity contribution is 1.18. The van der Waals surface area contributed by atoms with Crippen LogP contribution < -0.4 is 25.9 Å². The van der Waals surface area contributed by atoms with Crippen LogP contribution in [0.2, 0.25) is 13.1 Å². The molecule has 0 saturated heterocycles. The summed E-state index contributed by atoms with van der Waals surface area (Å²) in [6, 6.07) is 52.8. The van der Waals surface area contributed by atoms with E-state index in [4.69, 9.17) is 0 Å². The van der Waals surface area contributed by atoms with Gasteiger partial charge in [-0.25, -0.2) is 0 Å². The Hall–Kier alpha value is -4.45. The third kappa shape index (κ3) is 3.35. The summed E-state index contributed by atoms with van der Waals surface area (Å²) in [6.07, 6.45) is 0. The minimum Gasteiger partial charge on any atom is -0.309 e. The van der Waals surface area contributed by atoms with Crippen LogP contribution in [0.15, 0.2) is 140 Å². The van der Waals surface area contributed by atoms with Crippen LogP contribution in [0, 0.1) is 6.92 Å². The molecule has 0 bridgehead atoms. The minimum absolute atomic E-state index is 0.771. The molecule has 0 N–H and O–H groups in total. The maximum absolute atomic E-state index is 2.76. The molecule has 201 valence electrons. The van der Waals surface area contributed by atoms with Crippen molar-refractivity contribution in [1.82, 2.24) is 4.57 Å². The van der Waals surface area contributed by atoms with E-state index in [-0.39, 0.29) is 0 Å². The van der Waals surface area contributed by atoms with Crippen molar-refractivity contribution in [2.24, 2.45) is 0 Å². The van der Waals surface area contributed by atoms with Crippen molar-refractivity contribution in [2.75, 3.05) is 0 Å². The Balaban J connectivity index is 1.72. The van der Waals surface area contributed by atoms with Gasteiger partial charge in [0.25, 0.3) is 0 Å². The molecule has 0 unspecified atom stereocenters. The van der Waals surface area contributed by atoms with Crippen molar-refractivity contribution in [3.8, 4) is 16.8 Å². The molecule has 0 fully saturated rings. The molecular weight excluding hydrogens is 539 g/mol. The first-order valence-electron chi connectivity index (χ1n) is 14.8. The van der Waals surface area contributed by atoms with E-state index in [2.05, 4.69) is 164 Å². The Morgan fingerprint density at radius 3 is 1.71 bits per heavy atom. The predicted octanol–water partition coefficient (Wildman–Crippen LogP) is 6.41. The predicted molar refractivity (Wildman–Crippen MR) is 185 cm³/mol. The summed E-state index contributed by atoms with van der Waals surface area (Å²) < 4.78 is 2.51. The van der Waals surface area contributed by atoms with Gasteiger partial charge in [-0.15, -0.1) is 0 Å². The molecule has 6 aromatic carbocycles. The molecule has 0 amide bonds. The third-order valence-electron chi connectivity index (χ3n) is 9.26. The fourth-order valence-electron chi connectivity index (χ4n) is 7.62. The van der Waals surface area contributed by atoms with Crippen molar-refractivity contribution in [1.29, 1.82) is 0 Å². The number of hydrogen-bond acceptors (Lipinski definition) is 0. The average Bonchev–Trinajstić information content (AvgIpc) is 3.31. The van der Waals surface area contributed by atoms with Crippen molar-refractivity contribution < 1.29 is 0 Å². The zero-order valence-corrected chi connectivity index (χ0v) is 26.2. The van der Waals surface area contributed by atoms with Crippen LogP contribution in [-0.2, 0) is 0 Å². The SMILES string of the molecule is Cc1cccc2c1-c1c([Si](C)C)ccc3c1c1c(cccc1n3-c1ccccc1)[Si]2(c1ccccc1)c1ccccc1. The van der Waals surface area contributed by atoms with Crippen molar-refractivity contribution >= 4 is 64.6 Å². The van der Waals surface area contributed by atoms with Gasteiger partial charge in [0.05, 0.1) is 19.8 Å². The monoisotopic (exact) mass is 570 g/mol. The Morgan fingerprint density at radius 1 is 0.500 bits per heavy atom. The van der Waals surface area contributed by atoms with Crippen LogP contribution in [0.4, 0.5) is 0 Å². The average molecular weight is 571 g/mol. The lowest BCUT2D eigenvalue weighted by atomic mass is 9.96. The molecule has 8 rings (SSSR count). The topological polar surface area (TPSA) is 4.93 Å². The largest absolute Gasteiger partial charge is 0.309 e. The highest BCUT2D eigenvalue weighted by Gasteiger charge is 2.47. The van der Waals surface area contributed by atoms with Crippen LogP contribution in [-0.4, -0.2) is 21.4 Å². The van der Waals surface area contributed by atoms with Gasteiger partial charge in [0, 0.05) is 16.5 Å². The highest BCUT2D eigenvalue weighted by Crippen LogP contribution is 2.41. The Labute approximate surface area is 250 Å². The van der Waals surface area contributed by atoms with Gasteiger partial charge in [-0.1, -0.05) is 134 Å². The summed E-state index contributed by atoms with van der Waals surface area (Å²) in [4.78, 5) is 0. The van der Waals surface area contributed by atoms with Crippen molar-refractivity contribution in [2.45, 2.75) is 20.0 Å². The van der Waals surface area contributed by atoms with E-state index in [0.29, 0.717) is 0 Å². The van der Waals surface area contributed by atoms with E-state index in [1.807, 2.05) is 0 Å². The van der Waals surface area contributed by atoms with Crippen LogP contribution in [0.25, 0.3) is 38.6 Å². The van der Waals surface area contributed by atoms with Gasteiger partial charge in [0.1, 0.15) is 0 Å². The first kappa shape index (κ1) is 25.3. The molecule has 0 saturated carbocycles. The normalized spacial score (nSPS) is 13.5. The number of para-hydroxylation sites is 1. The summed E-state index contributed by atoms with van der Waals surface area (Å²) in [5.41, 5.74) is 8.08. The molecule has 1 aromatic heterocycles. The second kappa shape index (κ2) is 9.55. The number of hydrogen-bond donors (Lipinski definition) is 0. The minimum atomic E-state index is -2.76. The molecule has 1 radical (unpaired) electrons. The second-order valence-corrected chi connectivity index (χ2v) is 18.0. The van der Waals surface area contributed by atoms with Crippen LogP contribution >= 0.6 is 0 Å². The second-order valence-electron chi connectivity index (χ2n) is 11.7. The van der Waals surface area contributed by atoms with E-state index in [1.54, 1.807) is 0 Å². The van der Waals surface area contributed by atoms with Gasteiger partial charge in [-0.2, -0.15) is 0 Å².